The average Bonchev–Trinajstić information content (AvgIpc) is 3.17. The zero-order valence-corrected chi connectivity index (χ0v) is 16.1. The van der Waals surface area contributed by atoms with E-state index in [0.717, 1.165) is 28.6 Å². The summed E-state index contributed by atoms with van der Waals surface area (Å²) in [6.45, 7) is 4.03. The van der Waals surface area contributed by atoms with Gasteiger partial charge in [-0.15, -0.1) is 0 Å². The van der Waals surface area contributed by atoms with Crippen LogP contribution in [0.1, 0.15) is 29.3 Å². The molecular weight excluding hydrogens is 356 g/mol. The predicted octanol–water partition coefficient (Wildman–Crippen LogP) is 4.30. The van der Waals surface area contributed by atoms with Crippen LogP contribution in [0.25, 0.3) is 10.9 Å². The number of amides is 1. The zero-order valence-electron chi connectivity index (χ0n) is 15.3. The second kappa shape index (κ2) is 7.48. The Labute approximate surface area is 162 Å². The van der Waals surface area contributed by atoms with E-state index in [4.69, 9.17) is 0 Å². The van der Waals surface area contributed by atoms with Crippen LogP contribution in [0.2, 0.25) is 0 Å². The molecule has 0 saturated heterocycles. The Morgan fingerprint density at radius 1 is 1.15 bits per heavy atom. The molecule has 0 unspecified atom stereocenters. The third kappa shape index (κ3) is 3.71. The van der Waals surface area contributed by atoms with E-state index in [2.05, 4.69) is 28.1 Å². The Morgan fingerprint density at radius 3 is 2.78 bits per heavy atom. The molecule has 2 heterocycles. The Morgan fingerprint density at radius 2 is 1.96 bits per heavy atom. The van der Waals surface area contributed by atoms with Crippen LogP contribution in [-0.4, -0.2) is 32.9 Å². The van der Waals surface area contributed by atoms with Gasteiger partial charge in [0.2, 0.25) is 0 Å². The van der Waals surface area contributed by atoms with Crippen molar-refractivity contribution in [3.8, 4) is 0 Å². The summed E-state index contributed by atoms with van der Waals surface area (Å²) in [5.41, 5.74) is 4.12. The van der Waals surface area contributed by atoms with Crippen LogP contribution in [0.3, 0.4) is 0 Å². The number of thioether (sulfide) groups is 1. The van der Waals surface area contributed by atoms with Crippen LogP contribution in [0, 0.1) is 13.8 Å². The summed E-state index contributed by atoms with van der Waals surface area (Å²) in [6, 6.07) is 16.1. The van der Waals surface area contributed by atoms with E-state index in [1.807, 2.05) is 49.4 Å². The molecule has 2 aromatic carbocycles. The number of hydrazone groups is 1. The standard InChI is InChI=1S/C21H20N4OS/c1-14-8-9-18-17(12-14)15(2)23-21(24-18)27-13-20(26)25-19(10-11-22-25)16-6-4-3-5-7-16/h3-9,11-12,19H,10,13H2,1-2H3/t19-/m1/s1. The van der Waals surface area contributed by atoms with Gasteiger partial charge >= 0.3 is 0 Å². The second-order valence-corrected chi connectivity index (χ2v) is 7.54. The molecule has 5 nitrogen and oxygen atoms in total. The Kier molecular flexibility index (Phi) is 4.90. The third-order valence-electron chi connectivity index (χ3n) is 4.62. The van der Waals surface area contributed by atoms with Crippen LogP contribution in [0.5, 0.6) is 0 Å². The van der Waals surface area contributed by atoms with Crippen molar-refractivity contribution in [2.75, 3.05) is 5.75 Å². The summed E-state index contributed by atoms with van der Waals surface area (Å²) < 4.78 is 0. The number of nitrogens with zero attached hydrogens (tertiary/aromatic N) is 4. The van der Waals surface area contributed by atoms with Crippen LogP contribution in [0.15, 0.2) is 58.8 Å². The molecule has 1 aliphatic rings. The van der Waals surface area contributed by atoms with Gasteiger partial charge in [-0.1, -0.05) is 53.7 Å². The highest BCUT2D eigenvalue weighted by atomic mass is 32.2. The minimum atomic E-state index is -0.0344. The van der Waals surface area contributed by atoms with Gasteiger partial charge in [0, 0.05) is 23.7 Å². The average molecular weight is 376 g/mol. The SMILES string of the molecule is Cc1ccc2nc(SCC(=O)N3N=CC[C@@H]3c3ccccc3)nc(C)c2c1. The first-order valence-electron chi connectivity index (χ1n) is 8.89. The topological polar surface area (TPSA) is 58.5 Å². The van der Waals surface area contributed by atoms with E-state index in [1.165, 1.54) is 17.3 Å². The Hall–Kier alpha value is -2.73. The first kappa shape index (κ1) is 17.7. The summed E-state index contributed by atoms with van der Waals surface area (Å²) in [6.07, 6.45) is 2.55. The molecule has 6 heteroatoms. The van der Waals surface area contributed by atoms with E-state index < -0.39 is 0 Å². The summed E-state index contributed by atoms with van der Waals surface area (Å²) >= 11 is 1.36. The van der Waals surface area contributed by atoms with Crippen molar-refractivity contribution < 1.29 is 4.79 Å². The van der Waals surface area contributed by atoms with Gasteiger partial charge in [-0.2, -0.15) is 5.10 Å². The second-order valence-electron chi connectivity index (χ2n) is 6.60. The van der Waals surface area contributed by atoms with Crippen molar-refractivity contribution in [2.45, 2.75) is 31.5 Å². The first-order chi connectivity index (χ1) is 13.1. The van der Waals surface area contributed by atoms with Crippen LogP contribution in [0.4, 0.5) is 0 Å². The molecule has 4 rings (SSSR count). The lowest BCUT2D eigenvalue weighted by Crippen LogP contribution is -2.28. The fourth-order valence-corrected chi connectivity index (χ4v) is 3.98. The number of aryl methyl sites for hydroxylation is 2. The van der Waals surface area contributed by atoms with Crippen LogP contribution in [-0.2, 0) is 4.79 Å². The molecule has 0 aliphatic carbocycles. The maximum atomic E-state index is 12.7. The van der Waals surface area contributed by atoms with E-state index in [9.17, 15) is 4.79 Å². The van der Waals surface area contributed by atoms with Gasteiger partial charge in [0.05, 0.1) is 17.3 Å². The van der Waals surface area contributed by atoms with E-state index in [-0.39, 0.29) is 17.7 Å². The monoisotopic (exact) mass is 376 g/mol. The lowest BCUT2D eigenvalue weighted by Gasteiger charge is -2.22. The molecule has 0 spiro atoms. The van der Waals surface area contributed by atoms with Gasteiger partial charge in [-0.3, -0.25) is 4.79 Å². The summed E-state index contributed by atoms with van der Waals surface area (Å²) in [4.78, 5) is 21.9. The van der Waals surface area contributed by atoms with Crippen molar-refractivity contribution in [1.29, 1.82) is 0 Å². The van der Waals surface area contributed by atoms with Crippen molar-refractivity contribution in [2.24, 2.45) is 5.10 Å². The van der Waals surface area contributed by atoms with E-state index in [0.29, 0.717) is 5.16 Å². The Balaban J connectivity index is 1.48. The minimum absolute atomic E-state index is 0.0264. The molecule has 3 aromatic rings. The maximum Gasteiger partial charge on any atom is 0.253 e. The van der Waals surface area contributed by atoms with E-state index in [1.54, 1.807) is 11.2 Å². The van der Waals surface area contributed by atoms with Gasteiger partial charge in [0.1, 0.15) is 0 Å². The lowest BCUT2D eigenvalue weighted by molar-refractivity contribution is -0.130. The first-order valence-corrected chi connectivity index (χ1v) is 9.87. The minimum Gasteiger partial charge on any atom is -0.272 e. The summed E-state index contributed by atoms with van der Waals surface area (Å²) in [7, 11) is 0. The summed E-state index contributed by atoms with van der Waals surface area (Å²) in [5.74, 6) is 0.227. The number of hydrogen-bond acceptors (Lipinski definition) is 5. The third-order valence-corrected chi connectivity index (χ3v) is 5.45. The van der Waals surface area contributed by atoms with Crippen LogP contribution < -0.4 is 0 Å². The molecule has 0 N–H and O–H groups in total. The molecule has 1 aromatic heterocycles. The molecule has 0 radical (unpaired) electrons. The van der Waals surface area contributed by atoms with Crippen molar-refractivity contribution in [1.82, 2.24) is 15.0 Å². The van der Waals surface area contributed by atoms with Crippen molar-refractivity contribution in [3.05, 3.63) is 65.4 Å². The highest BCUT2D eigenvalue weighted by molar-refractivity contribution is 7.99. The number of fused-ring (bicyclic) bond motifs is 1. The fraction of sp³-hybridized carbons (Fsp3) is 0.238. The number of carbonyl (C=O) groups excluding carboxylic acids is 1. The number of benzene rings is 2. The number of carbonyl (C=O) groups is 1. The number of aromatic nitrogens is 2. The molecule has 0 fully saturated rings. The summed E-state index contributed by atoms with van der Waals surface area (Å²) in [5, 5.41) is 7.55. The molecular formula is C21H20N4OS. The van der Waals surface area contributed by atoms with E-state index >= 15 is 0 Å². The van der Waals surface area contributed by atoms with Crippen LogP contribution >= 0.6 is 11.8 Å². The maximum absolute atomic E-state index is 12.7. The van der Waals surface area contributed by atoms with Gasteiger partial charge in [-0.25, -0.2) is 15.0 Å². The zero-order chi connectivity index (χ0) is 18.8. The molecule has 1 aliphatic heterocycles. The molecule has 27 heavy (non-hydrogen) atoms. The normalized spacial score (nSPS) is 16.2. The largest absolute Gasteiger partial charge is 0.272 e. The highest BCUT2D eigenvalue weighted by Crippen LogP contribution is 2.29. The molecule has 1 amide bonds. The molecule has 1 atom stereocenters. The molecule has 0 saturated carbocycles. The molecule has 136 valence electrons. The smallest absolute Gasteiger partial charge is 0.253 e. The quantitative estimate of drug-likeness (QED) is 0.503. The predicted molar refractivity (Wildman–Crippen MR) is 109 cm³/mol. The highest BCUT2D eigenvalue weighted by Gasteiger charge is 2.28. The Bertz CT molecular complexity index is 1020. The van der Waals surface area contributed by atoms with Crippen molar-refractivity contribution in [3.63, 3.8) is 0 Å². The number of hydrogen-bond donors (Lipinski definition) is 0. The van der Waals surface area contributed by atoms with Gasteiger partial charge in [0.25, 0.3) is 5.91 Å². The van der Waals surface area contributed by atoms with Gasteiger partial charge < -0.3 is 0 Å². The fourth-order valence-electron chi connectivity index (χ4n) is 3.23. The van der Waals surface area contributed by atoms with Gasteiger partial charge in [-0.05, 0) is 31.5 Å². The van der Waals surface area contributed by atoms with Crippen molar-refractivity contribution >= 4 is 34.8 Å². The lowest BCUT2D eigenvalue weighted by atomic mass is 10.0. The van der Waals surface area contributed by atoms with Gasteiger partial charge in [0.15, 0.2) is 5.16 Å². The molecule has 0 bridgehead atoms. The number of rotatable bonds is 4.